The molecular weight excluding hydrogens is 172 g/mol. The van der Waals surface area contributed by atoms with E-state index < -0.39 is 0 Å². The molecular formula is C13H14O. The molecule has 1 aromatic rings. The molecule has 0 atom stereocenters. The van der Waals surface area contributed by atoms with Gasteiger partial charge in [0.05, 0.1) is 0 Å². The summed E-state index contributed by atoms with van der Waals surface area (Å²) in [4.78, 5) is 11.6. The maximum Gasteiger partial charge on any atom is 0.185 e. The standard InChI is InChI=1S/C13H14O/c1-4-11-5-7-12(8-6-11)13(14)9-10(2)3/h4-9H,1H2,2-3H3. The number of rotatable bonds is 3. The van der Waals surface area contributed by atoms with Crippen LogP contribution >= 0.6 is 0 Å². The van der Waals surface area contributed by atoms with Crippen molar-refractivity contribution in [2.75, 3.05) is 0 Å². The van der Waals surface area contributed by atoms with Crippen molar-refractivity contribution in [3.63, 3.8) is 0 Å². The topological polar surface area (TPSA) is 17.1 Å². The molecule has 0 radical (unpaired) electrons. The van der Waals surface area contributed by atoms with Crippen LogP contribution < -0.4 is 0 Å². The van der Waals surface area contributed by atoms with Gasteiger partial charge in [-0.25, -0.2) is 0 Å². The lowest BCUT2D eigenvalue weighted by Gasteiger charge is -1.97. The summed E-state index contributed by atoms with van der Waals surface area (Å²) in [5.41, 5.74) is 2.76. The molecule has 0 aliphatic carbocycles. The van der Waals surface area contributed by atoms with Gasteiger partial charge in [0.15, 0.2) is 5.78 Å². The van der Waals surface area contributed by atoms with Crippen molar-refractivity contribution in [1.82, 2.24) is 0 Å². The van der Waals surface area contributed by atoms with Crippen LogP contribution in [0.3, 0.4) is 0 Å². The molecule has 0 bridgehead atoms. The number of carbonyl (C=O) groups is 1. The molecule has 0 unspecified atom stereocenters. The van der Waals surface area contributed by atoms with E-state index in [4.69, 9.17) is 0 Å². The van der Waals surface area contributed by atoms with Crippen molar-refractivity contribution >= 4 is 11.9 Å². The molecule has 0 aliphatic heterocycles. The fraction of sp³-hybridized carbons (Fsp3) is 0.154. The van der Waals surface area contributed by atoms with Gasteiger partial charge in [0, 0.05) is 5.56 Å². The monoisotopic (exact) mass is 186 g/mol. The molecule has 0 aromatic heterocycles. The Balaban J connectivity index is 2.92. The molecule has 1 aromatic carbocycles. The second-order valence-electron chi connectivity index (χ2n) is 3.41. The molecule has 0 amide bonds. The zero-order chi connectivity index (χ0) is 10.6. The average molecular weight is 186 g/mol. The number of carbonyl (C=O) groups excluding carboxylic acids is 1. The summed E-state index contributed by atoms with van der Waals surface area (Å²) in [6.07, 6.45) is 3.40. The number of ketones is 1. The van der Waals surface area contributed by atoms with E-state index >= 15 is 0 Å². The van der Waals surface area contributed by atoms with Crippen LogP contribution in [0.1, 0.15) is 29.8 Å². The molecule has 0 N–H and O–H groups in total. The van der Waals surface area contributed by atoms with Crippen molar-refractivity contribution in [3.8, 4) is 0 Å². The Bertz CT molecular complexity index is 365. The fourth-order valence-corrected chi connectivity index (χ4v) is 1.13. The van der Waals surface area contributed by atoms with Crippen LogP contribution in [0.25, 0.3) is 6.08 Å². The third-order valence-corrected chi connectivity index (χ3v) is 1.85. The highest BCUT2D eigenvalue weighted by molar-refractivity contribution is 6.04. The predicted molar refractivity (Wildman–Crippen MR) is 60.3 cm³/mol. The summed E-state index contributed by atoms with van der Waals surface area (Å²) in [5, 5.41) is 0. The molecule has 14 heavy (non-hydrogen) atoms. The Morgan fingerprint density at radius 2 is 1.79 bits per heavy atom. The van der Waals surface area contributed by atoms with Crippen LogP contribution in [0.5, 0.6) is 0 Å². The van der Waals surface area contributed by atoms with Crippen LogP contribution in [0.15, 0.2) is 42.5 Å². The SMILES string of the molecule is C=Cc1ccc(C(=O)C=C(C)C)cc1. The first kappa shape index (κ1) is 10.5. The van der Waals surface area contributed by atoms with Crippen molar-refractivity contribution in [3.05, 3.63) is 53.6 Å². The van der Waals surface area contributed by atoms with Gasteiger partial charge in [0.1, 0.15) is 0 Å². The van der Waals surface area contributed by atoms with Crippen molar-refractivity contribution < 1.29 is 4.79 Å². The van der Waals surface area contributed by atoms with Gasteiger partial charge >= 0.3 is 0 Å². The maximum absolute atomic E-state index is 11.6. The van der Waals surface area contributed by atoms with Crippen LogP contribution in [-0.2, 0) is 0 Å². The first-order chi connectivity index (χ1) is 6.63. The minimum Gasteiger partial charge on any atom is -0.289 e. The van der Waals surface area contributed by atoms with Crippen LogP contribution in [0, 0.1) is 0 Å². The van der Waals surface area contributed by atoms with E-state index in [2.05, 4.69) is 6.58 Å². The van der Waals surface area contributed by atoms with Gasteiger partial charge in [-0.15, -0.1) is 0 Å². The maximum atomic E-state index is 11.6. The van der Waals surface area contributed by atoms with E-state index in [1.165, 1.54) is 0 Å². The average Bonchev–Trinajstić information content (AvgIpc) is 2.17. The second-order valence-corrected chi connectivity index (χ2v) is 3.41. The first-order valence-electron chi connectivity index (χ1n) is 4.55. The molecule has 72 valence electrons. The molecule has 0 saturated heterocycles. The predicted octanol–water partition coefficient (Wildman–Crippen LogP) is 3.48. The second kappa shape index (κ2) is 4.56. The first-order valence-corrected chi connectivity index (χ1v) is 4.55. The Kier molecular flexibility index (Phi) is 3.41. The van der Waals surface area contributed by atoms with E-state index in [0.717, 1.165) is 16.7 Å². The molecule has 0 spiro atoms. The number of allylic oxidation sites excluding steroid dienone is 2. The summed E-state index contributed by atoms with van der Waals surface area (Å²) in [6.45, 7) is 7.48. The molecule has 1 heteroatoms. The van der Waals surface area contributed by atoms with Crippen molar-refractivity contribution in [2.45, 2.75) is 13.8 Å². The zero-order valence-corrected chi connectivity index (χ0v) is 8.58. The number of hydrogen-bond acceptors (Lipinski definition) is 1. The van der Waals surface area contributed by atoms with Gasteiger partial charge in [-0.3, -0.25) is 4.79 Å². The summed E-state index contributed by atoms with van der Waals surface area (Å²) in [7, 11) is 0. The Morgan fingerprint density at radius 3 is 2.21 bits per heavy atom. The third kappa shape index (κ3) is 2.70. The highest BCUT2D eigenvalue weighted by atomic mass is 16.1. The number of hydrogen-bond donors (Lipinski definition) is 0. The van der Waals surface area contributed by atoms with Gasteiger partial charge < -0.3 is 0 Å². The van der Waals surface area contributed by atoms with E-state index in [0.29, 0.717) is 0 Å². The van der Waals surface area contributed by atoms with Crippen LogP contribution in [-0.4, -0.2) is 5.78 Å². The highest BCUT2D eigenvalue weighted by Gasteiger charge is 2.00. The van der Waals surface area contributed by atoms with Gasteiger partial charge in [-0.1, -0.05) is 42.5 Å². The largest absolute Gasteiger partial charge is 0.289 e. The third-order valence-electron chi connectivity index (χ3n) is 1.85. The van der Waals surface area contributed by atoms with E-state index in [-0.39, 0.29) is 5.78 Å². The number of benzene rings is 1. The summed E-state index contributed by atoms with van der Waals surface area (Å²) < 4.78 is 0. The summed E-state index contributed by atoms with van der Waals surface area (Å²) in [6, 6.07) is 7.41. The summed E-state index contributed by atoms with van der Waals surface area (Å²) in [5.74, 6) is 0.0561. The molecule has 0 saturated carbocycles. The quantitative estimate of drug-likeness (QED) is 0.521. The van der Waals surface area contributed by atoms with E-state index in [1.54, 1.807) is 12.2 Å². The minimum absolute atomic E-state index is 0.0561. The minimum atomic E-state index is 0.0561. The lowest BCUT2D eigenvalue weighted by atomic mass is 10.1. The van der Waals surface area contributed by atoms with Gasteiger partial charge in [-0.2, -0.15) is 0 Å². The molecule has 1 nitrogen and oxygen atoms in total. The Labute approximate surface area is 84.8 Å². The smallest absolute Gasteiger partial charge is 0.185 e. The van der Waals surface area contributed by atoms with Crippen LogP contribution in [0.4, 0.5) is 0 Å². The van der Waals surface area contributed by atoms with Crippen molar-refractivity contribution in [2.24, 2.45) is 0 Å². The van der Waals surface area contributed by atoms with Gasteiger partial charge in [-0.05, 0) is 25.5 Å². The zero-order valence-electron chi connectivity index (χ0n) is 8.58. The summed E-state index contributed by atoms with van der Waals surface area (Å²) >= 11 is 0. The van der Waals surface area contributed by atoms with Crippen LogP contribution in [0.2, 0.25) is 0 Å². The fourth-order valence-electron chi connectivity index (χ4n) is 1.13. The Morgan fingerprint density at radius 1 is 1.21 bits per heavy atom. The van der Waals surface area contributed by atoms with Gasteiger partial charge in [0.25, 0.3) is 0 Å². The lowest BCUT2D eigenvalue weighted by Crippen LogP contribution is -1.94. The van der Waals surface area contributed by atoms with E-state index in [1.807, 2.05) is 38.1 Å². The molecule has 1 rings (SSSR count). The van der Waals surface area contributed by atoms with E-state index in [9.17, 15) is 4.79 Å². The lowest BCUT2D eigenvalue weighted by molar-refractivity contribution is 0.104. The van der Waals surface area contributed by atoms with Crippen molar-refractivity contribution in [1.29, 1.82) is 0 Å². The normalized spacial score (nSPS) is 9.29. The molecule has 0 heterocycles. The highest BCUT2D eigenvalue weighted by Crippen LogP contribution is 2.07. The molecule has 0 fully saturated rings. The molecule has 0 aliphatic rings. The Hall–Kier alpha value is -1.63. The van der Waals surface area contributed by atoms with Gasteiger partial charge in [0.2, 0.25) is 0 Å².